The van der Waals surface area contributed by atoms with E-state index in [9.17, 15) is 14.4 Å². The van der Waals surface area contributed by atoms with Crippen LogP contribution in [0, 0.1) is 0 Å². The lowest BCUT2D eigenvalue weighted by Gasteiger charge is -2.16. The summed E-state index contributed by atoms with van der Waals surface area (Å²) in [6, 6.07) is 6.37. The average molecular weight is 429 g/mol. The number of carbonyl (C=O) groups excluding carboxylic acids is 3. The summed E-state index contributed by atoms with van der Waals surface area (Å²) in [5, 5.41) is 8.22. The first-order chi connectivity index (χ1) is 12.8. The van der Waals surface area contributed by atoms with Crippen LogP contribution in [-0.4, -0.2) is 42.8 Å². The first kappa shape index (κ1) is 21.2. The van der Waals surface area contributed by atoms with E-state index in [4.69, 9.17) is 28.9 Å². The van der Waals surface area contributed by atoms with Gasteiger partial charge in [0.1, 0.15) is 5.00 Å². The lowest BCUT2D eigenvalue weighted by atomic mass is 10.3. The Hall–Kier alpha value is -2.13. The number of carbonyl (C=O) groups is 3. The topological polar surface area (TPSA) is 105 Å². The van der Waals surface area contributed by atoms with Gasteiger partial charge in [-0.1, -0.05) is 23.2 Å². The zero-order chi connectivity index (χ0) is 20.0. The zero-order valence-corrected chi connectivity index (χ0v) is 16.7. The number of primary amides is 1. The lowest BCUT2D eigenvalue weighted by Crippen LogP contribution is -2.32. The number of anilines is 2. The molecule has 0 aliphatic carbocycles. The Bertz CT molecular complexity index is 856. The number of thiophene rings is 1. The van der Waals surface area contributed by atoms with E-state index < -0.39 is 5.91 Å². The van der Waals surface area contributed by atoms with Gasteiger partial charge in [0.25, 0.3) is 5.91 Å². The molecule has 0 aliphatic heterocycles. The molecule has 0 saturated heterocycles. The van der Waals surface area contributed by atoms with Crippen molar-refractivity contribution < 1.29 is 14.4 Å². The molecular formula is C17H18Cl2N4O3S. The van der Waals surface area contributed by atoms with Crippen LogP contribution in [0.3, 0.4) is 0 Å². The summed E-state index contributed by atoms with van der Waals surface area (Å²) < 4.78 is 0. The van der Waals surface area contributed by atoms with Gasteiger partial charge in [0, 0.05) is 18.7 Å². The third-order valence-corrected chi connectivity index (χ3v) is 5.09. The van der Waals surface area contributed by atoms with Crippen molar-refractivity contribution in [3.63, 3.8) is 0 Å². The highest BCUT2D eigenvalue weighted by molar-refractivity contribution is 7.14. The highest BCUT2D eigenvalue weighted by Crippen LogP contribution is 2.25. The first-order valence-electron chi connectivity index (χ1n) is 7.87. The number of nitrogens with two attached hydrogens (primary N) is 1. The van der Waals surface area contributed by atoms with E-state index in [2.05, 4.69) is 10.6 Å². The molecule has 7 nitrogen and oxygen atoms in total. The second kappa shape index (κ2) is 9.70. The second-order valence-electron chi connectivity index (χ2n) is 5.74. The van der Waals surface area contributed by atoms with Gasteiger partial charge in [-0.3, -0.25) is 19.3 Å². The summed E-state index contributed by atoms with van der Waals surface area (Å²) in [7, 11) is 1.72. The SMILES string of the molecule is CN(CCC(=O)Nc1sccc1C(N)=O)CC(=O)Nc1ccc(Cl)c(Cl)c1. The summed E-state index contributed by atoms with van der Waals surface area (Å²) in [6.07, 6.45) is 0.159. The van der Waals surface area contributed by atoms with E-state index in [0.29, 0.717) is 27.3 Å². The molecule has 27 heavy (non-hydrogen) atoms. The van der Waals surface area contributed by atoms with Crippen molar-refractivity contribution >= 4 is 62.9 Å². The van der Waals surface area contributed by atoms with E-state index in [1.54, 1.807) is 41.6 Å². The number of hydrogen-bond acceptors (Lipinski definition) is 5. The van der Waals surface area contributed by atoms with Crippen molar-refractivity contribution in [2.45, 2.75) is 6.42 Å². The molecule has 0 bridgehead atoms. The van der Waals surface area contributed by atoms with Gasteiger partial charge in [-0.15, -0.1) is 11.3 Å². The molecule has 0 radical (unpaired) electrons. The van der Waals surface area contributed by atoms with Crippen molar-refractivity contribution in [1.82, 2.24) is 4.90 Å². The van der Waals surface area contributed by atoms with Gasteiger partial charge in [0.2, 0.25) is 11.8 Å². The van der Waals surface area contributed by atoms with Gasteiger partial charge in [0.15, 0.2) is 0 Å². The molecule has 144 valence electrons. The van der Waals surface area contributed by atoms with Gasteiger partial charge in [-0.2, -0.15) is 0 Å². The van der Waals surface area contributed by atoms with Crippen molar-refractivity contribution in [2.75, 3.05) is 30.8 Å². The fourth-order valence-corrected chi connectivity index (χ4v) is 3.29. The number of likely N-dealkylation sites (N-methyl/N-ethyl adjacent to an activating group) is 1. The second-order valence-corrected chi connectivity index (χ2v) is 7.47. The number of hydrogen-bond donors (Lipinski definition) is 3. The quantitative estimate of drug-likeness (QED) is 0.600. The highest BCUT2D eigenvalue weighted by atomic mass is 35.5. The number of nitrogens with one attached hydrogen (secondary N) is 2. The minimum atomic E-state index is -0.595. The molecule has 0 spiro atoms. The van der Waals surface area contributed by atoms with Crippen molar-refractivity contribution in [3.8, 4) is 0 Å². The smallest absolute Gasteiger partial charge is 0.251 e. The van der Waals surface area contributed by atoms with Crippen LogP contribution in [-0.2, 0) is 9.59 Å². The third kappa shape index (κ3) is 6.51. The summed E-state index contributed by atoms with van der Waals surface area (Å²) in [4.78, 5) is 37.0. The van der Waals surface area contributed by atoms with E-state index in [1.807, 2.05) is 0 Å². The van der Waals surface area contributed by atoms with E-state index in [-0.39, 0.29) is 30.3 Å². The number of benzene rings is 1. The molecule has 3 amide bonds. The first-order valence-corrected chi connectivity index (χ1v) is 9.50. The largest absolute Gasteiger partial charge is 0.366 e. The van der Waals surface area contributed by atoms with E-state index in [1.165, 1.54) is 11.3 Å². The molecule has 1 aromatic carbocycles. The Balaban J connectivity index is 1.77. The summed E-state index contributed by atoms with van der Waals surface area (Å²) in [5.41, 5.74) is 6.06. The molecule has 0 unspecified atom stereocenters. The molecule has 0 atom stereocenters. The Morgan fingerprint density at radius 2 is 1.85 bits per heavy atom. The Kier molecular flexibility index (Phi) is 7.61. The van der Waals surface area contributed by atoms with Crippen LogP contribution in [0.25, 0.3) is 0 Å². The van der Waals surface area contributed by atoms with Crippen molar-refractivity contribution in [3.05, 3.63) is 45.3 Å². The summed E-state index contributed by atoms with van der Waals surface area (Å²) in [6.45, 7) is 0.455. The van der Waals surface area contributed by atoms with Crippen LogP contribution >= 0.6 is 34.5 Å². The highest BCUT2D eigenvalue weighted by Gasteiger charge is 2.14. The predicted octanol–water partition coefficient (Wildman–Crippen LogP) is 3.05. The van der Waals surface area contributed by atoms with Gasteiger partial charge >= 0.3 is 0 Å². The van der Waals surface area contributed by atoms with Crippen LogP contribution < -0.4 is 16.4 Å². The summed E-state index contributed by atoms with van der Waals surface area (Å²) in [5.74, 6) is -1.11. The molecule has 4 N–H and O–H groups in total. The fourth-order valence-electron chi connectivity index (χ4n) is 2.18. The monoisotopic (exact) mass is 428 g/mol. The molecule has 0 fully saturated rings. The Morgan fingerprint density at radius 1 is 1.11 bits per heavy atom. The normalized spacial score (nSPS) is 10.7. The van der Waals surface area contributed by atoms with Gasteiger partial charge in [0.05, 0.1) is 22.2 Å². The molecular weight excluding hydrogens is 411 g/mol. The predicted molar refractivity (Wildman–Crippen MR) is 109 cm³/mol. The number of halogens is 2. The van der Waals surface area contributed by atoms with Crippen LogP contribution in [0.4, 0.5) is 10.7 Å². The molecule has 0 aliphatic rings. The minimum absolute atomic E-state index is 0.0963. The molecule has 1 aromatic heterocycles. The van der Waals surface area contributed by atoms with Gasteiger partial charge in [-0.05, 0) is 36.7 Å². The van der Waals surface area contributed by atoms with Gasteiger partial charge < -0.3 is 16.4 Å². The van der Waals surface area contributed by atoms with Crippen molar-refractivity contribution in [2.24, 2.45) is 5.73 Å². The molecule has 2 aromatic rings. The van der Waals surface area contributed by atoms with E-state index in [0.717, 1.165) is 0 Å². The minimum Gasteiger partial charge on any atom is -0.366 e. The van der Waals surface area contributed by atoms with Crippen LogP contribution in [0.2, 0.25) is 10.0 Å². The molecule has 10 heteroatoms. The van der Waals surface area contributed by atoms with Crippen LogP contribution in [0.1, 0.15) is 16.8 Å². The summed E-state index contributed by atoms with van der Waals surface area (Å²) >= 11 is 13.0. The molecule has 2 rings (SSSR count). The van der Waals surface area contributed by atoms with Crippen LogP contribution in [0.15, 0.2) is 29.6 Å². The maximum absolute atomic E-state index is 12.1. The lowest BCUT2D eigenvalue weighted by molar-refractivity contribution is -0.119. The van der Waals surface area contributed by atoms with E-state index >= 15 is 0 Å². The fraction of sp³-hybridized carbons (Fsp3) is 0.235. The Morgan fingerprint density at radius 3 is 2.52 bits per heavy atom. The average Bonchev–Trinajstić information content (AvgIpc) is 3.04. The number of amides is 3. The van der Waals surface area contributed by atoms with Crippen LogP contribution in [0.5, 0.6) is 0 Å². The maximum Gasteiger partial charge on any atom is 0.251 e. The number of rotatable bonds is 8. The van der Waals surface area contributed by atoms with Crippen molar-refractivity contribution in [1.29, 1.82) is 0 Å². The maximum atomic E-state index is 12.1. The molecule has 1 heterocycles. The Labute approximate surface area is 170 Å². The standard InChI is InChI=1S/C17H18Cl2N4O3S/c1-23(9-15(25)21-10-2-3-12(18)13(19)8-10)6-4-14(24)22-17-11(16(20)26)5-7-27-17/h2-3,5,7-8H,4,6,9H2,1H3,(H2,20,26)(H,21,25)(H,22,24). The third-order valence-electron chi connectivity index (χ3n) is 3.52. The van der Waals surface area contributed by atoms with Gasteiger partial charge in [-0.25, -0.2) is 0 Å². The molecule has 0 saturated carbocycles. The zero-order valence-electron chi connectivity index (χ0n) is 14.4. The number of nitrogens with zero attached hydrogens (tertiary/aromatic N) is 1.